The molecule has 32 heavy (non-hydrogen) atoms. The molecule has 1 aromatic carbocycles. The third kappa shape index (κ3) is 5.39. The molecule has 0 saturated carbocycles. The van der Waals surface area contributed by atoms with Crippen LogP contribution in [0, 0.1) is 0 Å². The number of carbonyl (C=O) groups is 2. The maximum atomic E-state index is 13.1. The summed E-state index contributed by atoms with van der Waals surface area (Å²) in [6.07, 6.45) is 4.00. The van der Waals surface area contributed by atoms with Crippen molar-refractivity contribution in [3.8, 4) is 5.75 Å². The average molecular weight is 517 g/mol. The molecule has 2 heterocycles. The summed E-state index contributed by atoms with van der Waals surface area (Å²) in [5, 5.41) is 6.86. The molecule has 7 nitrogen and oxygen atoms in total. The van der Waals surface area contributed by atoms with Gasteiger partial charge in [0, 0.05) is 15.9 Å². The molecular formula is C21H22Cl2N2O5S2. The zero-order chi connectivity index (χ0) is 22.9. The number of halogens is 2. The van der Waals surface area contributed by atoms with Crippen molar-refractivity contribution in [3.05, 3.63) is 44.2 Å². The summed E-state index contributed by atoms with van der Waals surface area (Å²) in [5.41, 5.74) is 1.38. The van der Waals surface area contributed by atoms with E-state index in [2.05, 4.69) is 10.6 Å². The van der Waals surface area contributed by atoms with Gasteiger partial charge in [-0.05, 0) is 55.9 Å². The fourth-order valence-corrected chi connectivity index (χ4v) is 7.40. The summed E-state index contributed by atoms with van der Waals surface area (Å²) >= 11 is 13.3. The van der Waals surface area contributed by atoms with Crippen LogP contribution in [0.15, 0.2) is 18.2 Å². The van der Waals surface area contributed by atoms with Gasteiger partial charge in [-0.2, -0.15) is 0 Å². The average Bonchev–Trinajstić information content (AvgIpc) is 3.25. The van der Waals surface area contributed by atoms with E-state index < -0.39 is 21.8 Å². The first kappa shape index (κ1) is 23.4. The SMILES string of the molecule is O=C(COc1ccc(Cl)cc1Cl)Nc1sc2c(c1C(=O)N[C@@H]1CCS(=O)(=O)C1)CCCC2. The van der Waals surface area contributed by atoms with Gasteiger partial charge in [0.2, 0.25) is 0 Å². The summed E-state index contributed by atoms with van der Waals surface area (Å²) in [6, 6.07) is 4.30. The van der Waals surface area contributed by atoms with Gasteiger partial charge in [-0.1, -0.05) is 23.2 Å². The molecular weight excluding hydrogens is 495 g/mol. The molecule has 1 aliphatic carbocycles. The summed E-state index contributed by atoms with van der Waals surface area (Å²) in [6.45, 7) is -0.286. The number of rotatable bonds is 6. The number of benzene rings is 1. The van der Waals surface area contributed by atoms with Gasteiger partial charge in [-0.25, -0.2) is 8.42 Å². The molecule has 1 fully saturated rings. The molecule has 1 saturated heterocycles. The Bertz CT molecular complexity index is 1160. The van der Waals surface area contributed by atoms with Crippen molar-refractivity contribution in [2.24, 2.45) is 0 Å². The molecule has 0 unspecified atom stereocenters. The minimum Gasteiger partial charge on any atom is -0.482 e. The van der Waals surface area contributed by atoms with Crippen molar-refractivity contribution in [2.45, 2.75) is 38.1 Å². The van der Waals surface area contributed by atoms with E-state index in [-0.39, 0.29) is 24.0 Å². The van der Waals surface area contributed by atoms with Gasteiger partial charge < -0.3 is 15.4 Å². The van der Waals surface area contributed by atoms with Gasteiger partial charge in [-0.3, -0.25) is 9.59 Å². The zero-order valence-electron chi connectivity index (χ0n) is 17.1. The van der Waals surface area contributed by atoms with Crippen LogP contribution in [0.1, 0.15) is 40.1 Å². The number of fused-ring (bicyclic) bond motifs is 1. The van der Waals surface area contributed by atoms with Crippen LogP contribution in [0.5, 0.6) is 5.75 Å². The Morgan fingerprint density at radius 2 is 1.97 bits per heavy atom. The Morgan fingerprint density at radius 3 is 2.69 bits per heavy atom. The molecule has 1 aromatic heterocycles. The Kier molecular flexibility index (Phi) is 7.00. The van der Waals surface area contributed by atoms with Crippen LogP contribution >= 0.6 is 34.5 Å². The van der Waals surface area contributed by atoms with E-state index in [0.717, 1.165) is 36.1 Å². The lowest BCUT2D eigenvalue weighted by Crippen LogP contribution is -2.36. The second-order valence-electron chi connectivity index (χ2n) is 7.90. The number of thiophene rings is 1. The molecule has 172 valence electrons. The van der Waals surface area contributed by atoms with Gasteiger partial charge in [0.15, 0.2) is 16.4 Å². The summed E-state index contributed by atoms with van der Waals surface area (Å²) in [5.74, 6) is -0.413. The van der Waals surface area contributed by atoms with Crippen LogP contribution < -0.4 is 15.4 Å². The van der Waals surface area contributed by atoms with Crippen LogP contribution in [-0.2, 0) is 27.5 Å². The van der Waals surface area contributed by atoms with Gasteiger partial charge in [0.05, 0.1) is 22.1 Å². The highest BCUT2D eigenvalue weighted by Crippen LogP contribution is 2.38. The van der Waals surface area contributed by atoms with Gasteiger partial charge in [-0.15, -0.1) is 11.3 Å². The number of hydrogen-bond donors (Lipinski definition) is 2. The highest BCUT2D eigenvalue weighted by Gasteiger charge is 2.32. The first-order chi connectivity index (χ1) is 15.2. The Balaban J connectivity index is 1.48. The molecule has 0 radical (unpaired) electrons. The predicted molar refractivity (Wildman–Crippen MR) is 126 cm³/mol. The number of sulfone groups is 1. The van der Waals surface area contributed by atoms with E-state index in [4.69, 9.17) is 27.9 Å². The first-order valence-electron chi connectivity index (χ1n) is 10.3. The van der Waals surface area contributed by atoms with Crippen molar-refractivity contribution in [3.63, 3.8) is 0 Å². The standard InChI is InChI=1S/C21H22Cl2N2O5S2/c22-12-5-6-16(15(23)9-12)30-10-18(26)25-21-19(14-3-1-2-4-17(14)31-21)20(27)24-13-7-8-32(28,29)11-13/h5-6,9,13H,1-4,7-8,10-11H2,(H,24,27)(H,25,26)/t13-/m1/s1. The molecule has 11 heteroatoms. The topological polar surface area (TPSA) is 102 Å². The van der Waals surface area contributed by atoms with Crippen LogP contribution in [-0.4, -0.2) is 44.4 Å². The van der Waals surface area contributed by atoms with Crippen molar-refractivity contribution in [1.82, 2.24) is 5.32 Å². The zero-order valence-corrected chi connectivity index (χ0v) is 20.2. The molecule has 2 amide bonds. The van der Waals surface area contributed by atoms with E-state index in [9.17, 15) is 18.0 Å². The maximum absolute atomic E-state index is 13.1. The van der Waals surface area contributed by atoms with Crippen molar-refractivity contribution in [2.75, 3.05) is 23.4 Å². The van der Waals surface area contributed by atoms with E-state index in [1.165, 1.54) is 17.4 Å². The Morgan fingerprint density at radius 1 is 1.19 bits per heavy atom. The van der Waals surface area contributed by atoms with Crippen LogP contribution in [0.4, 0.5) is 5.00 Å². The third-order valence-electron chi connectivity index (χ3n) is 5.47. The van der Waals surface area contributed by atoms with Crippen molar-refractivity contribution >= 4 is 61.2 Å². The van der Waals surface area contributed by atoms with Crippen LogP contribution in [0.3, 0.4) is 0 Å². The van der Waals surface area contributed by atoms with Crippen LogP contribution in [0.25, 0.3) is 0 Å². The second kappa shape index (κ2) is 9.59. The molecule has 0 bridgehead atoms. The van der Waals surface area contributed by atoms with E-state index in [1.807, 2.05) is 0 Å². The summed E-state index contributed by atoms with van der Waals surface area (Å²) < 4.78 is 29.0. The molecule has 1 aliphatic heterocycles. The van der Waals surface area contributed by atoms with Gasteiger partial charge in [0.25, 0.3) is 11.8 Å². The number of ether oxygens (including phenoxy) is 1. The first-order valence-corrected chi connectivity index (χ1v) is 13.6. The minimum absolute atomic E-state index is 0.0531. The highest BCUT2D eigenvalue weighted by molar-refractivity contribution is 7.91. The lowest BCUT2D eigenvalue weighted by atomic mass is 9.95. The van der Waals surface area contributed by atoms with Crippen molar-refractivity contribution < 1.29 is 22.7 Å². The lowest BCUT2D eigenvalue weighted by molar-refractivity contribution is -0.118. The van der Waals surface area contributed by atoms with E-state index in [0.29, 0.717) is 32.8 Å². The molecule has 2 N–H and O–H groups in total. The molecule has 2 aromatic rings. The fourth-order valence-electron chi connectivity index (χ4n) is 3.96. The van der Waals surface area contributed by atoms with E-state index >= 15 is 0 Å². The monoisotopic (exact) mass is 516 g/mol. The normalized spacial score (nSPS) is 19.2. The predicted octanol–water partition coefficient (Wildman–Crippen LogP) is 3.87. The van der Waals surface area contributed by atoms with Gasteiger partial charge >= 0.3 is 0 Å². The van der Waals surface area contributed by atoms with Gasteiger partial charge in [0.1, 0.15) is 10.8 Å². The number of hydrogen-bond acceptors (Lipinski definition) is 6. The van der Waals surface area contributed by atoms with Crippen LogP contribution in [0.2, 0.25) is 10.0 Å². The number of nitrogens with one attached hydrogen (secondary N) is 2. The minimum atomic E-state index is -3.11. The molecule has 2 aliphatic rings. The summed E-state index contributed by atoms with van der Waals surface area (Å²) in [4.78, 5) is 26.7. The quantitative estimate of drug-likeness (QED) is 0.606. The smallest absolute Gasteiger partial charge is 0.262 e. The number of aryl methyl sites for hydroxylation is 1. The highest BCUT2D eigenvalue weighted by atomic mass is 35.5. The largest absolute Gasteiger partial charge is 0.482 e. The summed E-state index contributed by atoms with van der Waals surface area (Å²) in [7, 11) is -3.11. The molecule has 1 atom stereocenters. The second-order valence-corrected chi connectivity index (χ2v) is 12.1. The van der Waals surface area contributed by atoms with E-state index in [1.54, 1.807) is 12.1 Å². The number of anilines is 1. The Hall–Kier alpha value is -1.81. The molecule has 4 rings (SSSR count). The number of amides is 2. The molecule has 0 spiro atoms. The third-order valence-corrected chi connectivity index (χ3v) is 8.98. The number of carbonyl (C=O) groups excluding carboxylic acids is 2. The Labute approximate surface area is 200 Å². The van der Waals surface area contributed by atoms with Crippen molar-refractivity contribution in [1.29, 1.82) is 0 Å². The maximum Gasteiger partial charge on any atom is 0.262 e. The lowest BCUT2D eigenvalue weighted by Gasteiger charge is -2.15. The fraction of sp³-hybridized carbons (Fsp3) is 0.429.